The van der Waals surface area contributed by atoms with Gasteiger partial charge in [-0.25, -0.2) is 4.79 Å². The first-order chi connectivity index (χ1) is 8.40. The maximum absolute atomic E-state index is 12.1. The highest BCUT2D eigenvalue weighted by atomic mass is 16.7. The SMILES string of the molecule is CCC(=O)N(OC(=O)C(C)(C)CC(C)(C)C)C(C)=O. The van der Waals surface area contributed by atoms with Gasteiger partial charge in [-0.3, -0.25) is 9.59 Å². The summed E-state index contributed by atoms with van der Waals surface area (Å²) in [6, 6.07) is 0. The summed E-state index contributed by atoms with van der Waals surface area (Å²) < 4.78 is 0. The molecule has 0 unspecified atom stereocenters. The average Bonchev–Trinajstić information content (AvgIpc) is 2.20. The molecular weight excluding hydrogens is 246 g/mol. The Kier molecular flexibility index (Phi) is 5.72. The fourth-order valence-corrected chi connectivity index (χ4v) is 2.04. The van der Waals surface area contributed by atoms with Crippen LogP contribution in [0.5, 0.6) is 0 Å². The second kappa shape index (κ2) is 6.17. The van der Waals surface area contributed by atoms with Gasteiger partial charge in [0, 0.05) is 13.3 Å². The van der Waals surface area contributed by atoms with Crippen LogP contribution in [0.4, 0.5) is 0 Å². The van der Waals surface area contributed by atoms with Crippen molar-refractivity contribution in [3.05, 3.63) is 0 Å². The highest BCUT2D eigenvalue weighted by molar-refractivity contribution is 5.94. The molecule has 0 aliphatic rings. The Hall–Kier alpha value is -1.39. The highest BCUT2D eigenvalue weighted by Crippen LogP contribution is 2.34. The zero-order chi connectivity index (χ0) is 15.4. The van der Waals surface area contributed by atoms with E-state index in [1.54, 1.807) is 20.8 Å². The first kappa shape index (κ1) is 17.6. The fourth-order valence-electron chi connectivity index (χ4n) is 2.04. The summed E-state index contributed by atoms with van der Waals surface area (Å²) in [6.45, 7) is 12.3. The molecule has 0 aromatic carbocycles. The number of amides is 2. The lowest BCUT2D eigenvalue weighted by Gasteiger charge is -2.31. The third-order valence-electron chi connectivity index (χ3n) is 2.51. The van der Waals surface area contributed by atoms with Crippen LogP contribution in [0, 0.1) is 10.8 Å². The summed E-state index contributed by atoms with van der Waals surface area (Å²) in [5.41, 5.74) is -0.821. The van der Waals surface area contributed by atoms with E-state index in [1.165, 1.54) is 6.92 Å². The number of carbonyl (C=O) groups excluding carboxylic acids is 3. The van der Waals surface area contributed by atoms with E-state index >= 15 is 0 Å². The minimum atomic E-state index is -0.764. The van der Waals surface area contributed by atoms with Gasteiger partial charge in [0.1, 0.15) is 0 Å². The Labute approximate surface area is 115 Å². The molecule has 0 saturated heterocycles. The number of hydrogen-bond donors (Lipinski definition) is 0. The van der Waals surface area contributed by atoms with E-state index in [9.17, 15) is 14.4 Å². The summed E-state index contributed by atoms with van der Waals surface area (Å²) in [7, 11) is 0. The molecular formula is C14H25NO4. The molecule has 2 amide bonds. The topological polar surface area (TPSA) is 63.7 Å². The van der Waals surface area contributed by atoms with Crippen molar-refractivity contribution >= 4 is 17.8 Å². The van der Waals surface area contributed by atoms with Gasteiger partial charge >= 0.3 is 5.97 Å². The van der Waals surface area contributed by atoms with Gasteiger partial charge in [-0.2, -0.15) is 0 Å². The molecule has 19 heavy (non-hydrogen) atoms. The van der Waals surface area contributed by atoms with E-state index < -0.39 is 23.2 Å². The Balaban J connectivity index is 4.91. The monoisotopic (exact) mass is 271 g/mol. The molecule has 0 aliphatic carbocycles. The maximum atomic E-state index is 12.1. The molecule has 0 spiro atoms. The second-order valence-electron chi connectivity index (χ2n) is 6.56. The first-order valence-corrected chi connectivity index (χ1v) is 6.46. The van der Waals surface area contributed by atoms with Crippen LogP contribution in [0.25, 0.3) is 0 Å². The van der Waals surface area contributed by atoms with Gasteiger partial charge in [-0.1, -0.05) is 27.7 Å². The van der Waals surface area contributed by atoms with Crippen molar-refractivity contribution in [1.29, 1.82) is 0 Å². The van der Waals surface area contributed by atoms with Gasteiger partial charge in [-0.15, -0.1) is 5.06 Å². The number of carbonyl (C=O) groups is 3. The van der Waals surface area contributed by atoms with Crippen molar-refractivity contribution in [2.45, 2.75) is 61.3 Å². The molecule has 0 aromatic heterocycles. The molecule has 110 valence electrons. The summed E-state index contributed by atoms with van der Waals surface area (Å²) in [5, 5.41) is 0.548. The van der Waals surface area contributed by atoms with Crippen LogP contribution >= 0.6 is 0 Å². The van der Waals surface area contributed by atoms with Crippen molar-refractivity contribution in [2.24, 2.45) is 10.8 Å². The number of imide groups is 1. The summed E-state index contributed by atoms with van der Waals surface area (Å²) in [4.78, 5) is 39.9. The third kappa shape index (κ3) is 5.85. The van der Waals surface area contributed by atoms with Gasteiger partial charge < -0.3 is 4.84 Å². The molecule has 0 rings (SSSR count). The molecule has 0 bridgehead atoms. The van der Waals surface area contributed by atoms with Crippen LogP contribution in [0.3, 0.4) is 0 Å². The zero-order valence-electron chi connectivity index (χ0n) is 13.0. The van der Waals surface area contributed by atoms with Gasteiger partial charge in [0.2, 0.25) is 0 Å². The van der Waals surface area contributed by atoms with E-state index in [2.05, 4.69) is 0 Å². The molecule has 0 atom stereocenters. The number of rotatable bonds is 3. The van der Waals surface area contributed by atoms with Crippen molar-refractivity contribution in [3.8, 4) is 0 Å². The average molecular weight is 271 g/mol. The van der Waals surface area contributed by atoms with E-state index in [0.717, 1.165) is 0 Å². The van der Waals surface area contributed by atoms with Crippen LogP contribution in [0.15, 0.2) is 0 Å². The third-order valence-corrected chi connectivity index (χ3v) is 2.51. The molecule has 0 aliphatic heterocycles. The van der Waals surface area contributed by atoms with E-state index in [4.69, 9.17) is 4.84 Å². The Morgan fingerprint density at radius 2 is 1.53 bits per heavy atom. The van der Waals surface area contributed by atoms with E-state index in [1.807, 2.05) is 20.8 Å². The van der Waals surface area contributed by atoms with Crippen molar-refractivity contribution in [3.63, 3.8) is 0 Å². The zero-order valence-corrected chi connectivity index (χ0v) is 13.0. The smallest absolute Gasteiger partial charge is 0.330 e. The fraction of sp³-hybridized carbons (Fsp3) is 0.786. The minimum Gasteiger partial charge on any atom is -0.330 e. The first-order valence-electron chi connectivity index (χ1n) is 6.46. The second-order valence-corrected chi connectivity index (χ2v) is 6.56. The van der Waals surface area contributed by atoms with Crippen LogP contribution < -0.4 is 0 Å². The van der Waals surface area contributed by atoms with Gasteiger partial charge in [0.15, 0.2) is 0 Å². The maximum Gasteiger partial charge on any atom is 0.338 e. The molecule has 0 N–H and O–H groups in total. The quantitative estimate of drug-likeness (QED) is 0.740. The van der Waals surface area contributed by atoms with Crippen molar-refractivity contribution in [1.82, 2.24) is 5.06 Å². The molecule has 0 saturated carbocycles. The van der Waals surface area contributed by atoms with Gasteiger partial charge in [-0.05, 0) is 25.7 Å². The Morgan fingerprint density at radius 1 is 1.05 bits per heavy atom. The molecule has 5 nitrogen and oxygen atoms in total. The number of hydroxylamine groups is 2. The molecule has 0 fully saturated rings. The standard InChI is InChI=1S/C14H25NO4/c1-8-11(17)15(10(2)16)19-12(18)14(6,7)9-13(3,4)5/h8-9H2,1-7H3. The minimum absolute atomic E-state index is 0.0572. The Bertz CT molecular complexity index is 366. The normalized spacial score (nSPS) is 11.9. The lowest BCUT2D eigenvalue weighted by Crippen LogP contribution is -2.41. The molecule has 0 aromatic rings. The van der Waals surface area contributed by atoms with E-state index in [0.29, 0.717) is 11.5 Å². The van der Waals surface area contributed by atoms with Gasteiger partial charge in [0.05, 0.1) is 5.41 Å². The largest absolute Gasteiger partial charge is 0.338 e. The lowest BCUT2D eigenvalue weighted by molar-refractivity contribution is -0.208. The highest BCUT2D eigenvalue weighted by Gasteiger charge is 2.37. The predicted octanol–water partition coefficient (Wildman–Crippen LogP) is 2.69. The van der Waals surface area contributed by atoms with Crippen molar-refractivity contribution < 1.29 is 19.2 Å². The number of hydrogen-bond acceptors (Lipinski definition) is 4. The summed E-state index contributed by atoms with van der Waals surface area (Å²) in [5.74, 6) is -1.68. The molecule has 0 heterocycles. The van der Waals surface area contributed by atoms with Crippen molar-refractivity contribution in [2.75, 3.05) is 0 Å². The number of nitrogens with zero attached hydrogens (tertiary/aromatic N) is 1. The van der Waals surface area contributed by atoms with Gasteiger partial charge in [0.25, 0.3) is 11.8 Å². The van der Waals surface area contributed by atoms with E-state index in [-0.39, 0.29) is 11.8 Å². The predicted molar refractivity (Wildman–Crippen MR) is 71.8 cm³/mol. The van der Waals surface area contributed by atoms with Crippen LogP contribution in [0.1, 0.15) is 61.3 Å². The summed E-state index contributed by atoms with van der Waals surface area (Å²) in [6.07, 6.45) is 0.692. The lowest BCUT2D eigenvalue weighted by atomic mass is 9.76. The molecule has 5 heteroatoms. The molecule has 0 radical (unpaired) electrons. The Morgan fingerprint density at radius 3 is 1.84 bits per heavy atom. The van der Waals surface area contributed by atoms with Crippen LogP contribution in [-0.4, -0.2) is 22.8 Å². The summed E-state index contributed by atoms with van der Waals surface area (Å²) >= 11 is 0. The van der Waals surface area contributed by atoms with Crippen LogP contribution in [0.2, 0.25) is 0 Å². The van der Waals surface area contributed by atoms with Crippen LogP contribution in [-0.2, 0) is 19.2 Å².